The van der Waals surface area contributed by atoms with E-state index in [1.165, 1.54) is 7.11 Å². The second-order valence-electron chi connectivity index (χ2n) is 4.63. The first-order chi connectivity index (χ1) is 7.52. The van der Waals surface area contributed by atoms with Crippen LogP contribution in [0.15, 0.2) is 0 Å². The van der Waals surface area contributed by atoms with Crippen LogP contribution in [0, 0.1) is 0 Å². The number of methoxy groups -OCH3 is 1. The lowest BCUT2D eigenvalue weighted by Crippen LogP contribution is -2.38. The number of rotatable bonds is 5. The van der Waals surface area contributed by atoms with Gasteiger partial charge in [-0.25, -0.2) is 0 Å². The van der Waals surface area contributed by atoms with Gasteiger partial charge in [0.2, 0.25) is 0 Å². The number of esters is 1. The number of likely N-dealkylation sites (N-methyl/N-ethyl adjacent to an activating group) is 1. The molecule has 0 aromatic heterocycles. The maximum atomic E-state index is 11.1. The molecule has 1 saturated heterocycles. The predicted molar refractivity (Wildman–Crippen MR) is 61.2 cm³/mol. The van der Waals surface area contributed by atoms with Crippen molar-refractivity contribution >= 4 is 5.97 Å². The lowest BCUT2D eigenvalue weighted by Gasteiger charge is -2.26. The minimum Gasteiger partial charge on any atom is -0.469 e. The Balaban J connectivity index is 2.40. The van der Waals surface area contributed by atoms with Gasteiger partial charge in [-0.2, -0.15) is 0 Å². The van der Waals surface area contributed by atoms with E-state index in [9.17, 15) is 9.90 Å². The second kappa shape index (κ2) is 6.18. The van der Waals surface area contributed by atoms with Crippen LogP contribution in [0.5, 0.6) is 0 Å². The SMILES string of the molecule is COC(=O)CCN1CC(O)CC1CN(C)C. The molecule has 0 bridgehead atoms. The van der Waals surface area contributed by atoms with Crippen LogP contribution >= 0.6 is 0 Å². The Morgan fingerprint density at radius 2 is 2.25 bits per heavy atom. The van der Waals surface area contributed by atoms with Gasteiger partial charge in [0.15, 0.2) is 0 Å². The largest absolute Gasteiger partial charge is 0.469 e. The zero-order valence-electron chi connectivity index (χ0n) is 10.3. The Morgan fingerprint density at radius 1 is 1.56 bits per heavy atom. The zero-order valence-corrected chi connectivity index (χ0v) is 10.3. The van der Waals surface area contributed by atoms with Gasteiger partial charge in [-0.3, -0.25) is 9.69 Å². The standard InChI is InChI=1S/C11H22N2O3/c1-12(2)7-9-6-10(14)8-13(9)5-4-11(15)16-3/h9-10,14H,4-8H2,1-3H3. The van der Waals surface area contributed by atoms with Crippen LogP contribution in [0.4, 0.5) is 0 Å². The van der Waals surface area contributed by atoms with Crippen molar-refractivity contribution in [3.63, 3.8) is 0 Å². The number of ether oxygens (including phenoxy) is 1. The highest BCUT2D eigenvalue weighted by Crippen LogP contribution is 2.18. The quantitative estimate of drug-likeness (QED) is 0.648. The smallest absolute Gasteiger partial charge is 0.306 e. The highest BCUT2D eigenvalue weighted by atomic mass is 16.5. The first-order valence-electron chi connectivity index (χ1n) is 5.66. The summed E-state index contributed by atoms with van der Waals surface area (Å²) in [5.74, 6) is -0.190. The van der Waals surface area contributed by atoms with E-state index in [1.807, 2.05) is 14.1 Å². The third-order valence-electron chi connectivity index (χ3n) is 2.91. The number of hydrogen-bond donors (Lipinski definition) is 1. The monoisotopic (exact) mass is 230 g/mol. The summed E-state index contributed by atoms with van der Waals surface area (Å²) in [6.45, 7) is 2.25. The van der Waals surface area contributed by atoms with Crippen molar-refractivity contribution in [2.45, 2.75) is 25.0 Å². The van der Waals surface area contributed by atoms with Crippen molar-refractivity contribution in [2.24, 2.45) is 0 Å². The molecule has 1 fully saturated rings. The van der Waals surface area contributed by atoms with Crippen LogP contribution in [-0.2, 0) is 9.53 Å². The van der Waals surface area contributed by atoms with Crippen LogP contribution in [0.1, 0.15) is 12.8 Å². The molecule has 1 aliphatic heterocycles. The third kappa shape index (κ3) is 4.08. The molecule has 1 rings (SSSR count). The summed E-state index contributed by atoms with van der Waals surface area (Å²) in [5, 5.41) is 9.63. The molecule has 0 aliphatic carbocycles. The molecule has 1 N–H and O–H groups in total. The van der Waals surface area contributed by atoms with Crippen molar-refractivity contribution in [3.05, 3.63) is 0 Å². The molecular weight excluding hydrogens is 208 g/mol. The van der Waals surface area contributed by atoms with Crippen LogP contribution in [-0.4, -0.2) is 73.9 Å². The molecule has 0 radical (unpaired) electrons. The van der Waals surface area contributed by atoms with Gasteiger partial charge < -0.3 is 14.7 Å². The van der Waals surface area contributed by atoms with Crippen molar-refractivity contribution in [1.82, 2.24) is 9.80 Å². The van der Waals surface area contributed by atoms with Crippen LogP contribution in [0.25, 0.3) is 0 Å². The number of β-amino-alcohol motifs (C(OH)–C–C–N with tert-alkyl or cyclic N) is 1. The van der Waals surface area contributed by atoms with Crippen molar-refractivity contribution in [3.8, 4) is 0 Å². The van der Waals surface area contributed by atoms with Crippen LogP contribution in [0.3, 0.4) is 0 Å². The molecule has 0 spiro atoms. The summed E-state index contributed by atoms with van der Waals surface area (Å²) >= 11 is 0. The van der Waals surface area contributed by atoms with Gasteiger partial charge in [0, 0.05) is 25.7 Å². The third-order valence-corrected chi connectivity index (χ3v) is 2.91. The number of carbonyl (C=O) groups is 1. The Morgan fingerprint density at radius 3 is 2.81 bits per heavy atom. The first kappa shape index (κ1) is 13.4. The second-order valence-corrected chi connectivity index (χ2v) is 4.63. The minimum absolute atomic E-state index is 0.190. The van der Waals surface area contributed by atoms with E-state index >= 15 is 0 Å². The number of carbonyl (C=O) groups excluding carboxylic acids is 1. The van der Waals surface area contributed by atoms with E-state index in [1.54, 1.807) is 0 Å². The van der Waals surface area contributed by atoms with Crippen LogP contribution < -0.4 is 0 Å². The summed E-state index contributed by atoms with van der Waals surface area (Å²) in [7, 11) is 5.44. The number of hydrogen-bond acceptors (Lipinski definition) is 5. The first-order valence-corrected chi connectivity index (χ1v) is 5.66. The summed E-state index contributed by atoms with van der Waals surface area (Å²) < 4.78 is 4.61. The van der Waals surface area contributed by atoms with Gasteiger partial charge in [-0.15, -0.1) is 0 Å². The molecular formula is C11H22N2O3. The molecule has 1 heterocycles. The molecule has 5 heteroatoms. The van der Waals surface area contributed by atoms with E-state index in [0.29, 0.717) is 25.6 Å². The highest BCUT2D eigenvalue weighted by molar-refractivity contribution is 5.69. The van der Waals surface area contributed by atoms with Gasteiger partial charge in [0.1, 0.15) is 0 Å². The predicted octanol–water partition coefficient (Wildman–Crippen LogP) is -0.454. The molecule has 16 heavy (non-hydrogen) atoms. The van der Waals surface area contributed by atoms with Gasteiger partial charge in [-0.1, -0.05) is 0 Å². The van der Waals surface area contributed by atoms with E-state index in [2.05, 4.69) is 14.5 Å². The van der Waals surface area contributed by atoms with E-state index in [-0.39, 0.29) is 12.1 Å². The highest BCUT2D eigenvalue weighted by Gasteiger charge is 2.31. The number of aliphatic hydroxyl groups is 1. The minimum atomic E-state index is -0.261. The van der Waals surface area contributed by atoms with Crippen molar-refractivity contribution in [1.29, 1.82) is 0 Å². The average Bonchev–Trinajstić information content (AvgIpc) is 2.54. The Labute approximate surface area is 97.0 Å². The average molecular weight is 230 g/mol. The fourth-order valence-corrected chi connectivity index (χ4v) is 2.18. The summed E-state index contributed by atoms with van der Waals surface area (Å²) in [6.07, 6.45) is 0.926. The Bertz CT molecular complexity index is 233. The molecule has 0 saturated carbocycles. The molecule has 1 aliphatic rings. The topological polar surface area (TPSA) is 53.0 Å². The molecule has 0 aromatic carbocycles. The van der Waals surface area contributed by atoms with Crippen LogP contribution in [0.2, 0.25) is 0 Å². The Kier molecular flexibility index (Phi) is 5.18. The van der Waals surface area contributed by atoms with E-state index in [0.717, 1.165) is 13.0 Å². The Hall–Kier alpha value is -0.650. The lowest BCUT2D eigenvalue weighted by atomic mass is 10.2. The summed E-state index contributed by atoms with van der Waals surface area (Å²) in [5.41, 5.74) is 0. The lowest BCUT2D eigenvalue weighted by molar-refractivity contribution is -0.141. The number of likely N-dealkylation sites (tertiary alicyclic amines) is 1. The van der Waals surface area contributed by atoms with Gasteiger partial charge in [0.25, 0.3) is 0 Å². The van der Waals surface area contributed by atoms with Gasteiger partial charge in [0.05, 0.1) is 19.6 Å². The molecule has 2 unspecified atom stereocenters. The molecule has 5 nitrogen and oxygen atoms in total. The van der Waals surface area contributed by atoms with E-state index < -0.39 is 0 Å². The fraction of sp³-hybridized carbons (Fsp3) is 0.909. The maximum Gasteiger partial charge on any atom is 0.306 e. The maximum absolute atomic E-state index is 11.1. The van der Waals surface area contributed by atoms with Crippen molar-refractivity contribution in [2.75, 3.05) is 40.8 Å². The molecule has 0 aromatic rings. The van der Waals surface area contributed by atoms with Gasteiger partial charge in [-0.05, 0) is 20.5 Å². The number of aliphatic hydroxyl groups excluding tert-OH is 1. The molecule has 94 valence electrons. The van der Waals surface area contributed by atoms with Gasteiger partial charge >= 0.3 is 5.97 Å². The summed E-state index contributed by atoms with van der Waals surface area (Å²) in [6, 6.07) is 0.342. The summed E-state index contributed by atoms with van der Waals surface area (Å²) in [4.78, 5) is 15.3. The zero-order chi connectivity index (χ0) is 12.1. The fourth-order valence-electron chi connectivity index (χ4n) is 2.18. The molecule has 2 atom stereocenters. The van der Waals surface area contributed by atoms with E-state index in [4.69, 9.17) is 0 Å². The van der Waals surface area contributed by atoms with Crippen molar-refractivity contribution < 1.29 is 14.6 Å². The number of nitrogens with zero attached hydrogens (tertiary/aromatic N) is 2. The normalized spacial score (nSPS) is 26.3. The molecule has 0 amide bonds.